The Kier molecular flexibility index (Phi) is 3.70. The summed E-state index contributed by atoms with van der Waals surface area (Å²) in [5, 5.41) is 5.92. The number of nitrogens with one attached hydrogen (secondary N) is 1. The van der Waals surface area contributed by atoms with Crippen molar-refractivity contribution < 1.29 is 9.53 Å². The SMILES string of the molecule is C[C@@H](NC(=O)N1CCC[C@H]2COC[C@H]21)c1nccs1. The minimum absolute atomic E-state index is 0.0166. The first kappa shape index (κ1) is 12.9. The number of ether oxygens (including phenoxy) is 1. The fourth-order valence-electron chi connectivity index (χ4n) is 2.93. The van der Waals surface area contributed by atoms with Crippen molar-refractivity contribution in [3.05, 3.63) is 16.6 Å². The number of hydrogen-bond acceptors (Lipinski definition) is 4. The molecular formula is C13H19N3O2S. The van der Waals surface area contributed by atoms with Crippen molar-refractivity contribution in [1.82, 2.24) is 15.2 Å². The third kappa shape index (κ3) is 2.60. The van der Waals surface area contributed by atoms with Gasteiger partial charge in [0.2, 0.25) is 0 Å². The van der Waals surface area contributed by atoms with Crippen LogP contribution in [0.2, 0.25) is 0 Å². The Balaban J connectivity index is 1.63. The number of urea groups is 1. The van der Waals surface area contributed by atoms with Gasteiger partial charge in [-0.2, -0.15) is 0 Å². The minimum atomic E-state index is -0.0322. The number of piperidine rings is 1. The molecule has 5 nitrogen and oxygen atoms in total. The molecule has 1 aromatic heterocycles. The van der Waals surface area contributed by atoms with Gasteiger partial charge in [0.1, 0.15) is 5.01 Å². The lowest BCUT2D eigenvalue weighted by Gasteiger charge is -2.36. The fraction of sp³-hybridized carbons (Fsp3) is 0.692. The third-order valence-electron chi connectivity index (χ3n) is 3.96. The van der Waals surface area contributed by atoms with Crippen molar-refractivity contribution in [3.8, 4) is 0 Å². The summed E-state index contributed by atoms with van der Waals surface area (Å²) in [7, 11) is 0. The van der Waals surface area contributed by atoms with E-state index in [2.05, 4.69) is 10.3 Å². The van der Waals surface area contributed by atoms with E-state index in [-0.39, 0.29) is 18.1 Å². The van der Waals surface area contributed by atoms with E-state index in [0.717, 1.165) is 24.6 Å². The molecule has 2 aliphatic heterocycles. The highest BCUT2D eigenvalue weighted by molar-refractivity contribution is 7.09. The number of likely N-dealkylation sites (tertiary alicyclic amines) is 1. The number of aromatic nitrogens is 1. The van der Waals surface area contributed by atoms with Crippen LogP contribution in [0, 0.1) is 5.92 Å². The zero-order chi connectivity index (χ0) is 13.2. The van der Waals surface area contributed by atoms with Crippen molar-refractivity contribution in [2.45, 2.75) is 31.8 Å². The second-order valence-electron chi connectivity index (χ2n) is 5.24. The average Bonchev–Trinajstić information content (AvgIpc) is 3.08. The normalized spacial score (nSPS) is 27.9. The molecule has 0 spiro atoms. The van der Waals surface area contributed by atoms with Crippen LogP contribution in [0.5, 0.6) is 0 Å². The quantitative estimate of drug-likeness (QED) is 0.902. The van der Waals surface area contributed by atoms with Crippen LogP contribution in [-0.4, -0.2) is 41.7 Å². The van der Waals surface area contributed by atoms with Crippen molar-refractivity contribution in [3.63, 3.8) is 0 Å². The molecule has 0 bridgehead atoms. The van der Waals surface area contributed by atoms with Crippen LogP contribution < -0.4 is 5.32 Å². The second kappa shape index (κ2) is 5.46. The Morgan fingerprint density at radius 3 is 3.32 bits per heavy atom. The monoisotopic (exact) mass is 281 g/mol. The molecule has 0 unspecified atom stereocenters. The molecule has 0 radical (unpaired) electrons. The molecule has 6 heteroatoms. The van der Waals surface area contributed by atoms with Gasteiger partial charge in [-0.1, -0.05) is 0 Å². The third-order valence-corrected chi connectivity index (χ3v) is 4.92. The maximum Gasteiger partial charge on any atom is 0.318 e. The first-order valence-corrected chi connectivity index (χ1v) is 7.68. The summed E-state index contributed by atoms with van der Waals surface area (Å²) < 4.78 is 5.52. The van der Waals surface area contributed by atoms with Crippen LogP contribution in [0.1, 0.15) is 30.8 Å². The van der Waals surface area contributed by atoms with E-state index in [1.165, 1.54) is 6.42 Å². The molecule has 2 saturated heterocycles. The number of hydrogen-bond donors (Lipinski definition) is 1. The molecule has 2 amide bonds. The predicted molar refractivity (Wildman–Crippen MR) is 73.1 cm³/mol. The number of fused-ring (bicyclic) bond motifs is 1. The molecule has 3 rings (SSSR count). The molecular weight excluding hydrogens is 262 g/mol. The lowest BCUT2D eigenvalue weighted by molar-refractivity contribution is 0.128. The van der Waals surface area contributed by atoms with E-state index in [4.69, 9.17) is 4.74 Å². The molecule has 104 valence electrons. The number of amides is 2. The van der Waals surface area contributed by atoms with Gasteiger partial charge in [-0.05, 0) is 19.8 Å². The summed E-state index contributed by atoms with van der Waals surface area (Å²) in [6.07, 6.45) is 4.02. The van der Waals surface area contributed by atoms with Gasteiger partial charge >= 0.3 is 6.03 Å². The van der Waals surface area contributed by atoms with Crippen LogP contribution >= 0.6 is 11.3 Å². The Hall–Kier alpha value is -1.14. The standard InChI is InChI=1S/C13H19N3O2S/c1-9(12-14-4-6-19-12)15-13(17)16-5-2-3-10-7-18-8-11(10)16/h4,6,9-11H,2-3,5,7-8H2,1H3,(H,15,17)/t9-,10+,11-/m1/s1. The molecule has 0 aromatic carbocycles. The number of carbonyl (C=O) groups excluding carboxylic acids is 1. The van der Waals surface area contributed by atoms with Crippen LogP contribution in [0.3, 0.4) is 0 Å². The molecule has 2 aliphatic rings. The predicted octanol–water partition coefficient (Wildman–Crippen LogP) is 2.02. The van der Waals surface area contributed by atoms with E-state index >= 15 is 0 Å². The highest BCUT2D eigenvalue weighted by atomic mass is 32.1. The van der Waals surface area contributed by atoms with Crippen LogP contribution in [0.15, 0.2) is 11.6 Å². The van der Waals surface area contributed by atoms with Crippen molar-refractivity contribution in [2.75, 3.05) is 19.8 Å². The maximum atomic E-state index is 12.4. The van der Waals surface area contributed by atoms with E-state index in [0.29, 0.717) is 12.5 Å². The van der Waals surface area contributed by atoms with Crippen LogP contribution in [-0.2, 0) is 4.74 Å². The van der Waals surface area contributed by atoms with Gasteiger partial charge < -0.3 is 15.0 Å². The minimum Gasteiger partial charge on any atom is -0.379 e. The van der Waals surface area contributed by atoms with Gasteiger partial charge in [-0.15, -0.1) is 11.3 Å². The largest absolute Gasteiger partial charge is 0.379 e. The van der Waals surface area contributed by atoms with Crippen molar-refractivity contribution in [1.29, 1.82) is 0 Å². The summed E-state index contributed by atoms with van der Waals surface area (Å²) in [4.78, 5) is 18.6. The highest BCUT2D eigenvalue weighted by Gasteiger charge is 2.38. The Bertz CT molecular complexity index is 437. The van der Waals surface area contributed by atoms with Crippen molar-refractivity contribution in [2.24, 2.45) is 5.92 Å². The van der Waals surface area contributed by atoms with Gasteiger partial charge in [0.05, 0.1) is 25.3 Å². The summed E-state index contributed by atoms with van der Waals surface area (Å²) in [5.41, 5.74) is 0. The zero-order valence-corrected chi connectivity index (χ0v) is 11.9. The molecule has 3 heterocycles. The van der Waals surface area contributed by atoms with E-state index in [1.807, 2.05) is 17.2 Å². The summed E-state index contributed by atoms with van der Waals surface area (Å²) in [6, 6.07) is 0.246. The van der Waals surface area contributed by atoms with Gasteiger partial charge in [-0.3, -0.25) is 0 Å². The number of thiazole rings is 1. The van der Waals surface area contributed by atoms with Gasteiger partial charge in [-0.25, -0.2) is 9.78 Å². The Morgan fingerprint density at radius 1 is 1.63 bits per heavy atom. The maximum absolute atomic E-state index is 12.4. The average molecular weight is 281 g/mol. The molecule has 0 aliphatic carbocycles. The molecule has 0 saturated carbocycles. The highest BCUT2D eigenvalue weighted by Crippen LogP contribution is 2.29. The zero-order valence-electron chi connectivity index (χ0n) is 11.0. The molecule has 19 heavy (non-hydrogen) atoms. The lowest BCUT2D eigenvalue weighted by atomic mass is 9.92. The first-order chi connectivity index (χ1) is 9.25. The number of nitrogens with zero attached hydrogens (tertiary/aromatic N) is 2. The fourth-order valence-corrected chi connectivity index (χ4v) is 3.57. The van der Waals surface area contributed by atoms with Gasteiger partial charge in [0.15, 0.2) is 0 Å². The molecule has 3 atom stereocenters. The lowest BCUT2D eigenvalue weighted by Crippen LogP contribution is -2.52. The number of carbonyl (C=O) groups is 1. The summed E-state index contributed by atoms with van der Waals surface area (Å²) in [5.74, 6) is 0.523. The van der Waals surface area contributed by atoms with Gasteiger partial charge in [0.25, 0.3) is 0 Å². The van der Waals surface area contributed by atoms with E-state index in [1.54, 1.807) is 17.5 Å². The van der Waals surface area contributed by atoms with E-state index in [9.17, 15) is 4.79 Å². The Morgan fingerprint density at radius 2 is 2.53 bits per heavy atom. The van der Waals surface area contributed by atoms with E-state index < -0.39 is 0 Å². The van der Waals surface area contributed by atoms with Gasteiger partial charge in [0, 0.05) is 24.0 Å². The molecule has 2 fully saturated rings. The smallest absolute Gasteiger partial charge is 0.318 e. The van der Waals surface area contributed by atoms with Crippen molar-refractivity contribution >= 4 is 17.4 Å². The molecule has 1 N–H and O–H groups in total. The van der Waals surface area contributed by atoms with Crippen LogP contribution in [0.25, 0.3) is 0 Å². The number of rotatable bonds is 2. The summed E-state index contributed by atoms with van der Waals surface area (Å²) >= 11 is 1.57. The summed E-state index contributed by atoms with van der Waals surface area (Å²) in [6.45, 7) is 4.30. The topological polar surface area (TPSA) is 54.5 Å². The second-order valence-corrected chi connectivity index (χ2v) is 6.17. The first-order valence-electron chi connectivity index (χ1n) is 6.80. The van der Waals surface area contributed by atoms with Crippen LogP contribution in [0.4, 0.5) is 4.79 Å². The Labute approximate surface area is 117 Å². The molecule has 1 aromatic rings.